The third-order valence-electron chi connectivity index (χ3n) is 0.781. The topological polar surface area (TPSA) is 39.7 Å². The van der Waals surface area contributed by atoms with Crippen molar-refractivity contribution in [1.82, 2.24) is 0 Å². The van der Waals surface area contributed by atoms with Crippen molar-refractivity contribution in [3.8, 4) is 0 Å². The Morgan fingerprint density at radius 3 is 1.44 bits per heavy atom. The minimum absolute atomic E-state index is 0.0694. The molecule has 0 fully saturated rings. The lowest BCUT2D eigenvalue weighted by Crippen LogP contribution is -2.82. The summed E-state index contributed by atoms with van der Waals surface area (Å²) in [5.74, 6) is 0. The summed E-state index contributed by atoms with van der Waals surface area (Å²) in [7, 11) is 0. The molecule has 2 N–H and O–H groups in total. The molecule has 0 aromatic heterocycles. The molecule has 0 aromatic rings. The molecule has 0 heterocycles. The highest BCUT2D eigenvalue weighted by atomic mass is 16.2. The van der Waals surface area contributed by atoms with Gasteiger partial charge in [0, 0.05) is 0 Å². The van der Waals surface area contributed by atoms with Crippen LogP contribution in [-0.2, 0) is 0 Å². The fourth-order valence-corrected chi connectivity index (χ4v) is 0.289. The smallest absolute Gasteiger partial charge is 0.0726 e. The maximum absolute atomic E-state index is 9.30. The Kier molecular flexibility index (Phi) is 20.3. The Labute approximate surface area is 58.3 Å². The molecule has 0 radical (unpaired) electrons. The maximum Gasteiger partial charge on any atom is 0.0726 e. The quantitative estimate of drug-likeness (QED) is 0.546. The highest BCUT2D eigenvalue weighted by molar-refractivity contribution is 4.07. The van der Waals surface area contributed by atoms with Gasteiger partial charge in [0.2, 0.25) is 0 Å². The molecule has 0 aliphatic rings. The van der Waals surface area contributed by atoms with Gasteiger partial charge in [-0.2, -0.15) is 0 Å². The van der Waals surface area contributed by atoms with E-state index in [2.05, 4.69) is 19.2 Å². The van der Waals surface area contributed by atoms with E-state index in [0.29, 0.717) is 0 Å². The van der Waals surface area contributed by atoms with E-state index in [-0.39, 0.29) is 6.61 Å². The van der Waals surface area contributed by atoms with Crippen molar-refractivity contribution in [2.75, 3.05) is 19.7 Å². The van der Waals surface area contributed by atoms with Gasteiger partial charge in [-0.25, -0.2) is 0 Å². The second kappa shape index (κ2) is 15.7. The summed E-state index contributed by atoms with van der Waals surface area (Å²) < 4.78 is 0. The van der Waals surface area contributed by atoms with Crippen molar-refractivity contribution in [2.45, 2.75) is 27.2 Å². The molecule has 2 nitrogen and oxygen atoms in total. The molecule has 0 atom stereocenters. The van der Waals surface area contributed by atoms with Crippen LogP contribution in [0.1, 0.15) is 27.2 Å². The van der Waals surface area contributed by atoms with E-state index in [4.69, 9.17) is 0 Å². The lowest BCUT2D eigenvalue weighted by atomic mass is 10.5. The lowest BCUT2D eigenvalue weighted by Gasteiger charge is -1.89. The van der Waals surface area contributed by atoms with Gasteiger partial charge < -0.3 is 10.4 Å². The molecule has 0 saturated carbocycles. The van der Waals surface area contributed by atoms with Crippen molar-refractivity contribution >= 4 is 0 Å². The molecule has 0 saturated heterocycles. The van der Waals surface area contributed by atoms with Crippen LogP contribution in [0.5, 0.6) is 0 Å². The predicted octanol–water partition coefficient (Wildman–Crippen LogP) is -0.654. The average molecular weight is 133 g/mol. The molecule has 0 amide bonds. The number of hydrogen-bond acceptors (Lipinski definition) is 1. The van der Waals surface area contributed by atoms with E-state index in [9.17, 15) is 5.11 Å². The van der Waals surface area contributed by atoms with Crippen LogP contribution in [0.25, 0.3) is 0 Å². The molecule has 0 bridgehead atoms. The van der Waals surface area contributed by atoms with Crippen LogP contribution in [0.3, 0.4) is 0 Å². The number of hydrogen-bond donors (Lipinski definition) is 1. The van der Waals surface area contributed by atoms with Gasteiger partial charge >= 0.3 is 0 Å². The Morgan fingerprint density at radius 2 is 1.44 bits per heavy atom. The van der Waals surface area contributed by atoms with E-state index in [0.717, 1.165) is 6.42 Å². The van der Waals surface area contributed by atoms with Crippen LogP contribution < -0.4 is 10.4 Å². The molecular weight excluding hydrogens is 114 g/mol. The molecule has 0 unspecified atom stereocenters. The fraction of sp³-hybridized carbons (Fsp3) is 1.00. The fourth-order valence-electron chi connectivity index (χ4n) is 0.289. The van der Waals surface area contributed by atoms with E-state index in [1.807, 2.05) is 6.92 Å². The Balaban J connectivity index is 0. The standard InChI is InChI=1S/C4H11N.C3H7O/c1-3-5-4-2;1-2-3-4/h5H,3-4H2,1-2H3;2-3H2,1H3/q;-1/p+1. The maximum atomic E-state index is 9.30. The number of quaternary nitrogens is 1. The SMILES string of the molecule is CCC[O-].CC[NH2+]CC. The highest BCUT2D eigenvalue weighted by Gasteiger charge is 1.67. The summed E-state index contributed by atoms with van der Waals surface area (Å²) in [5.41, 5.74) is 0. The van der Waals surface area contributed by atoms with E-state index >= 15 is 0 Å². The van der Waals surface area contributed by atoms with Gasteiger partial charge in [-0.3, -0.25) is 0 Å². The van der Waals surface area contributed by atoms with E-state index in [1.54, 1.807) is 0 Å². The third kappa shape index (κ3) is 32.6. The van der Waals surface area contributed by atoms with Crippen LogP contribution in [0, 0.1) is 0 Å². The molecule has 0 rings (SSSR count). The van der Waals surface area contributed by atoms with Crippen LogP contribution in [0.4, 0.5) is 0 Å². The molecule has 0 aliphatic heterocycles. The third-order valence-corrected chi connectivity index (χ3v) is 0.781. The van der Waals surface area contributed by atoms with Gasteiger partial charge in [0.05, 0.1) is 13.1 Å². The van der Waals surface area contributed by atoms with E-state index < -0.39 is 0 Å². The van der Waals surface area contributed by atoms with Gasteiger partial charge in [-0.15, -0.1) is 6.61 Å². The lowest BCUT2D eigenvalue weighted by molar-refractivity contribution is -0.648. The van der Waals surface area contributed by atoms with E-state index in [1.165, 1.54) is 13.1 Å². The molecule has 0 spiro atoms. The first kappa shape index (κ1) is 11.7. The second-order valence-corrected chi connectivity index (χ2v) is 1.81. The van der Waals surface area contributed by atoms with Crippen molar-refractivity contribution in [1.29, 1.82) is 0 Å². The average Bonchev–Trinajstić information content (AvgIpc) is 1.91. The van der Waals surface area contributed by atoms with Crippen LogP contribution in [-0.4, -0.2) is 19.7 Å². The largest absolute Gasteiger partial charge is 0.854 e. The zero-order valence-electron chi connectivity index (χ0n) is 6.81. The molecule has 0 aliphatic carbocycles. The summed E-state index contributed by atoms with van der Waals surface area (Å²) in [6, 6.07) is 0. The molecule has 58 valence electrons. The first-order chi connectivity index (χ1) is 4.33. The molecule has 0 aromatic carbocycles. The second-order valence-electron chi connectivity index (χ2n) is 1.81. The molecule has 9 heavy (non-hydrogen) atoms. The van der Waals surface area contributed by atoms with Gasteiger partial charge in [0.1, 0.15) is 0 Å². The van der Waals surface area contributed by atoms with Crippen LogP contribution in [0.15, 0.2) is 0 Å². The minimum Gasteiger partial charge on any atom is -0.854 e. The van der Waals surface area contributed by atoms with Gasteiger partial charge in [0.25, 0.3) is 0 Å². The van der Waals surface area contributed by atoms with Gasteiger partial charge in [-0.1, -0.05) is 13.3 Å². The summed E-state index contributed by atoms with van der Waals surface area (Å²) in [4.78, 5) is 0. The summed E-state index contributed by atoms with van der Waals surface area (Å²) >= 11 is 0. The molecular formula is C7H19NO. The van der Waals surface area contributed by atoms with Crippen molar-refractivity contribution in [3.63, 3.8) is 0 Å². The van der Waals surface area contributed by atoms with Crippen molar-refractivity contribution in [3.05, 3.63) is 0 Å². The minimum atomic E-state index is 0.0694. The summed E-state index contributed by atoms with van der Waals surface area (Å²) in [5, 5.41) is 11.5. The van der Waals surface area contributed by atoms with Crippen molar-refractivity contribution in [2.24, 2.45) is 0 Å². The Morgan fingerprint density at radius 1 is 1.11 bits per heavy atom. The van der Waals surface area contributed by atoms with Crippen molar-refractivity contribution < 1.29 is 10.4 Å². The normalized spacial score (nSPS) is 8.00. The zero-order valence-corrected chi connectivity index (χ0v) is 6.81. The number of rotatable bonds is 3. The highest BCUT2D eigenvalue weighted by Crippen LogP contribution is 1.56. The van der Waals surface area contributed by atoms with Gasteiger partial charge in [0.15, 0.2) is 0 Å². The number of nitrogens with two attached hydrogens (primary N) is 1. The van der Waals surface area contributed by atoms with Gasteiger partial charge in [-0.05, 0) is 13.8 Å². The predicted molar refractivity (Wildman–Crippen MR) is 38.2 cm³/mol. The first-order valence-electron chi connectivity index (χ1n) is 3.73. The van der Waals surface area contributed by atoms with Crippen LogP contribution in [0.2, 0.25) is 0 Å². The Bertz CT molecular complexity index is 28.1. The molecule has 2 heteroatoms. The summed E-state index contributed by atoms with van der Waals surface area (Å²) in [6.07, 6.45) is 0.764. The van der Waals surface area contributed by atoms with Crippen LogP contribution >= 0.6 is 0 Å². The summed E-state index contributed by atoms with van der Waals surface area (Å²) in [6.45, 7) is 8.69. The zero-order chi connectivity index (χ0) is 7.54. The Hall–Kier alpha value is -0.0800. The monoisotopic (exact) mass is 133 g/mol. The first-order valence-corrected chi connectivity index (χ1v) is 3.73.